The smallest absolute Gasteiger partial charge is 0.183 e. The maximum Gasteiger partial charge on any atom is 0.183 e. The molecular weight excluding hydrogens is 266 g/mol. The van der Waals surface area contributed by atoms with Crippen LogP contribution in [-0.4, -0.2) is 20.4 Å². The monoisotopic (exact) mass is 281 g/mol. The molecule has 2 rings (SSSR count). The molecule has 96 valence electrons. The third-order valence-electron chi connectivity index (χ3n) is 2.68. The number of nitrogens with zero attached hydrogens (tertiary/aromatic N) is 3. The standard InChI is InChI=1S/C12H15N3OS2/c1-4-5-9-12(18-15-14-9)10(16)6-11-13-7(2)8(3)17-11/h4-6H2,1-3H3. The van der Waals surface area contributed by atoms with E-state index < -0.39 is 0 Å². The van der Waals surface area contributed by atoms with Crippen molar-refractivity contribution in [2.75, 3.05) is 0 Å². The van der Waals surface area contributed by atoms with Crippen molar-refractivity contribution >= 4 is 28.7 Å². The van der Waals surface area contributed by atoms with Crippen LogP contribution >= 0.6 is 22.9 Å². The van der Waals surface area contributed by atoms with Gasteiger partial charge < -0.3 is 0 Å². The van der Waals surface area contributed by atoms with Crippen molar-refractivity contribution < 1.29 is 4.79 Å². The first kappa shape index (κ1) is 13.3. The van der Waals surface area contributed by atoms with Crippen LogP contribution in [0.3, 0.4) is 0 Å². The van der Waals surface area contributed by atoms with Gasteiger partial charge in [-0.05, 0) is 31.8 Å². The van der Waals surface area contributed by atoms with Gasteiger partial charge in [0.25, 0.3) is 0 Å². The number of aryl methyl sites for hydroxylation is 3. The maximum atomic E-state index is 12.2. The van der Waals surface area contributed by atoms with Crippen molar-refractivity contribution in [2.24, 2.45) is 0 Å². The zero-order valence-electron chi connectivity index (χ0n) is 10.7. The van der Waals surface area contributed by atoms with Gasteiger partial charge in [0, 0.05) is 4.88 Å². The maximum absolute atomic E-state index is 12.2. The summed E-state index contributed by atoms with van der Waals surface area (Å²) < 4.78 is 3.88. The van der Waals surface area contributed by atoms with E-state index in [0.29, 0.717) is 11.3 Å². The topological polar surface area (TPSA) is 55.7 Å². The molecule has 0 amide bonds. The van der Waals surface area contributed by atoms with Crippen LogP contribution in [0.4, 0.5) is 0 Å². The van der Waals surface area contributed by atoms with Crippen LogP contribution in [0.1, 0.15) is 44.3 Å². The van der Waals surface area contributed by atoms with Crippen molar-refractivity contribution in [3.8, 4) is 0 Å². The van der Waals surface area contributed by atoms with E-state index in [0.717, 1.165) is 29.2 Å². The number of hydrogen-bond donors (Lipinski definition) is 0. The Morgan fingerprint density at radius 2 is 2.11 bits per heavy atom. The van der Waals surface area contributed by atoms with Crippen LogP contribution in [0.5, 0.6) is 0 Å². The highest BCUT2D eigenvalue weighted by Crippen LogP contribution is 2.20. The van der Waals surface area contributed by atoms with Crippen LogP contribution in [0.25, 0.3) is 0 Å². The van der Waals surface area contributed by atoms with Crippen molar-refractivity contribution in [3.63, 3.8) is 0 Å². The molecule has 0 aliphatic rings. The molecule has 0 aliphatic carbocycles. The van der Waals surface area contributed by atoms with E-state index in [-0.39, 0.29) is 5.78 Å². The lowest BCUT2D eigenvalue weighted by molar-refractivity contribution is 0.0995. The molecule has 0 saturated heterocycles. The molecule has 0 N–H and O–H groups in total. The summed E-state index contributed by atoms with van der Waals surface area (Å²) in [4.78, 5) is 18.5. The van der Waals surface area contributed by atoms with E-state index in [1.165, 1.54) is 16.4 Å². The lowest BCUT2D eigenvalue weighted by Crippen LogP contribution is -2.04. The molecule has 0 aliphatic heterocycles. The van der Waals surface area contributed by atoms with Gasteiger partial charge in [-0.1, -0.05) is 17.8 Å². The van der Waals surface area contributed by atoms with Crippen molar-refractivity contribution in [3.05, 3.63) is 26.1 Å². The van der Waals surface area contributed by atoms with E-state index >= 15 is 0 Å². The molecule has 6 heteroatoms. The highest BCUT2D eigenvalue weighted by atomic mass is 32.1. The second-order valence-electron chi connectivity index (χ2n) is 4.15. The van der Waals surface area contributed by atoms with Crippen LogP contribution in [-0.2, 0) is 12.8 Å². The highest BCUT2D eigenvalue weighted by molar-refractivity contribution is 7.12. The fourth-order valence-electron chi connectivity index (χ4n) is 1.65. The molecule has 0 saturated carbocycles. The normalized spacial score (nSPS) is 10.8. The van der Waals surface area contributed by atoms with E-state index in [2.05, 4.69) is 21.5 Å². The largest absolute Gasteiger partial charge is 0.293 e. The molecule has 0 fully saturated rings. The Balaban J connectivity index is 2.14. The Kier molecular flexibility index (Phi) is 4.19. The second-order valence-corrected chi connectivity index (χ2v) is 6.19. The van der Waals surface area contributed by atoms with Gasteiger partial charge in [-0.2, -0.15) is 0 Å². The van der Waals surface area contributed by atoms with E-state index in [4.69, 9.17) is 0 Å². The van der Waals surface area contributed by atoms with Crippen molar-refractivity contribution in [1.29, 1.82) is 0 Å². The van der Waals surface area contributed by atoms with Gasteiger partial charge in [0.05, 0.1) is 17.8 Å². The van der Waals surface area contributed by atoms with Gasteiger partial charge in [-0.15, -0.1) is 16.4 Å². The third-order valence-corrected chi connectivity index (χ3v) is 4.56. The molecule has 0 atom stereocenters. The quantitative estimate of drug-likeness (QED) is 0.791. The average molecular weight is 281 g/mol. The molecule has 0 spiro atoms. The fraction of sp³-hybridized carbons (Fsp3) is 0.500. The van der Waals surface area contributed by atoms with Crippen molar-refractivity contribution in [2.45, 2.75) is 40.0 Å². The predicted octanol–water partition coefficient (Wildman–Crippen LogP) is 2.99. The molecule has 0 radical (unpaired) electrons. The number of hydrogen-bond acceptors (Lipinski definition) is 6. The Morgan fingerprint density at radius 1 is 1.33 bits per heavy atom. The number of Topliss-reactive ketones (excluding diaryl/α,β-unsaturated/α-hetero) is 1. The zero-order chi connectivity index (χ0) is 13.1. The SMILES string of the molecule is CCCc1nnsc1C(=O)Cc1nc(C)c(C)s1. The molecule has 0 unspecified atom stereocenters. The number of rotatable bonds is 5. The molecule has 2 aromatic rings. The van der Waals surface area contributed by atoms with Crippen LogP contribution < -0.4 is 0 Å². The van der Waals surface area contributed by atoms with Crippen LogP contribution in [0, 0.1) is 13.8 Å². The van der Waals surface area contributed by atoms with Gasteiger partial charge in [-0.25, -0.2) is 4.98 Å². The number of carbonyl (C=O) groups is 1. The number of carbonyl (C=O) groups excluding carboxylic acids is 1. The van der Waals surface area contributed by atoms with Crippen LogP contribution in [0.2, 0.25) is 0 Å². The summed E-state index contributed by atoms with van der Waals surface area (Å²) in [6.45, 7) is 6.06. The van der Waals surface area contributed by atoms with Gasteiger partial charge in [0.15, 0.2) is 5.78 Å². The molecule has 2 aromatic heterocycles. The lowest BCUT2D eigenvalue weighted by atomic mass is 10.1. The Hall–Kier alpha value is -1.14. The first-order valence-electron chi connectivity index (χ1n) is 5.89. The summed E-state index contributed by atoms with van der Waals surface area (Å²) in [5.41, 5.74) is 1.84. The number of aromatic nitrogens is 3. The molecule has 0 bridgehead atoms. The molecular formula is C12H15N3OS2. The van der Waals surface area contributed by atoms with E-state index in [1.54, 1.807) is 11.3 Å². The summed E-state index contributed by atoms with van der Waals surface area (Å²) in [6, 6.07) is 0. The zero-order valence-corrected chi connectivity index (χ0v) is 12.3. The summed E-state index contributed by atoms with van der Waals surface area (Å²) in [5.74, 6) is 0.0854. The van der Waals surface area contributed by atoms with Gasteiger partial charge in [0.2, 0.25) is 0 Å². The number of ketones is 1. The van der Waals surface area contributed by atoms with E-state index in [1.807, 2.05) is 13.8 Å². The second kappa shape index (κ2) is 5.67. The Morgan fingerprint density at radius 3 is 2.72 bits per heavy atom. The minimum atomic E-state index is 0.0854. The predicted molar refractivity (Wildman–Crippen MR) is 73.5 cm³/mol. The fourth-order valence-corrected chi connectivity index (χ4v) is 3.23. The third kappa shape index (κ3) is 2.81. The molecule has 18 heavy (non-hydrogen) atoms. The Labute approximate surface area is 114 Å². The highest BCUT2D eigenvalue weighted by Gasteiger charge is 2.17. The van der Waals surface area contributed by atoms with Gasteiger partial charge in [0.1, 0.15) is 9.88 Å². The van der Waals surface area contributed by atoms with Gasteiger partial charge in [-0.3, -0.25) is 4.79 Å². The van der Waals surface area contributed by atoms with E-state index in [9.17, 15) is 4.79 Å². The van der Waals surface area contributed by atoms with Crippen LogP contribution in [0.15, 0.2) is 0 Å². The minimum absolute atomic E-state index is 0.0854. The summed E-state index contributed by atoms with van der Waals surface area (Å²) >= 11 is 2.79. The van der Waals surface area contributed by atoms with Gasteiger partial charge >= 0.3 is 0 Å². The van der Waals surface area contributed by atoms with Crippen molar-refractivity contribution in [1.82, 2.24) is 14.6 Å². The summed E-state index contributed by atoms with van der Waals surface area (Å²) in [7, 11) is 0. The first-order chi connectivity index (χ1) is 8.61. The molecule has 0 aromatic carbocycles. The first-order valence-corrected chi connectivity index (χ1v) is 7.48. The summed E-state index contributed by atoms with van der Waals surface area (Å²) in [6.07, 6.45) is 2.15. The minimum Gasteiger partial charge on any atom is -0.293 e. The Bertz CT molecular complexity index is 540. The lowest BCUT2D eigenvalue weighted by Gasteiger charge is -1.97. The average Bonchev–Trinajstić information content (AvgIpc) is 2.88. The summed E-state index contributed by atoms with van der Waals surface area (Å²) in [5, 5.41) is 4.90. The molecule has 4 nitrogen and oxygen atoms in total. The molecule has 2 heterocycles. The number of thiazole rings is 1.